The second-order valence-corrected chi connectivity index (χ2v) is 5.76. The van der Waals surface area contributed by atoms with Crippen LogP contribution < -0.4 is 14.2 Å². The lowest BCUT2D eigenvalue weighted by molar-refractivity contribution is 0.0469. The molecule has 0 saturated heterocycles. The average molecular weight is 379 g/mol. The third-order valence-electron chi connectivity index (χ3n) is 3.71. The highest BCUT2D eigenvalue weighted by atomic mass is 35.5. The minimum atomic E-state index is -0.594. The predicted octanol–water partition coefficient (Wildman–Crippen LogP) is 3.93. The number of esters is 1. The molecule has 0 aromatic heterocycles. The van der Waals surface area contributed by atoms with Crippen LogP contribution in [0.3, 0.4) is 0 Å². The van der Waals surface area contributed by atoms with Crippen LogP contribution in [0.4, 0.5) is 0 Å². The van der Waals surface area contributed by atoms with Gasteiger partial charge in [-0.2, -0.15) is 0 Å². The Morgan fingerprint density at radius 2 is 1.62 bits per heavy atom. The fourth-order valence-corrected chi connectivity index (χ4v) is 2.66. The molecule has 0 radical (unpaired) electrons. The molecule has 7 heteroatoms. The number of carbonyl (C=O) groups is 2. The molecule has 0 atom stereocenters. The van der Waals surface area contributed by atoms with Gasteiger partial charge in [0.2, 0.25) is 0 Å². The molecule has 138 valence electrons. The quantitative estimate of drug-likeness (QED) is 0.537. The molecule has 0 saturated carbocycles. The monoisotopic (exact) mass is 378 g/mol. The van der Waals surface area contributed by atoms with Crippen molar-refractivity contribution < 1.29 is 28.5 Å². The Labute approximate surface area is 156 Å². The molecular formula is C19H19ClO6. The number of carbonyl (C=O) groups excluding carboxylic acids is 2. The first-order chi connectivity index (χ1) is 12.4. The van der Waals surface area contributed by atoms with Gasteiger partial charge in [-0.15, -0.1) is 0 Å². The molecule has 26 heavy (non-hydrogen) atoms. The van der Waals surface area contributed by atoms with E-state index in [4.69, 9.17) is 30.5 Å². The number of ketones is 1. The molecule has 0 bridgehead atoms. The van der Waals surface area contributed by atoms with E-state index in [1.165, 1.54) is 40.4 Å². The number of rotatable bonds is 7. The van der Waals surface area contributed by atoms with E-state index in [9.17, 15) is 9.59 Å². The van der Waals surface area contributed by atoms with Crippen molar-refractivity contribution in [3.05, 3.63) is 52.0 Å². The Morgan fingerprint density at radius 3 is 2.19 bits per heavy atom. The normalized spacial score (nSPS) is 10.2. The Balaban J connectivity index is 2.22. The Bertz CT molecular complexity index is 831. The summed E-state index contributed by atoms with van der Waals surface area (Å²) >= 11 is 6.11. The van der Waals surface area contributed by atoms with Crippen LogP contribution in [0, 0.1) is 0 Å². The van der Waals surface area contributed by atoms with Crippen LogP contribution in [-0.4, -0.2) is 33.1 Å². The SMILES string of the molecule is COc1ccc(C(C)=O)cc1COC(=O)c1cc(Cl)c(OC)c(OC)c1. The van der Waals surface area contributed by atoms with Crippen LogP contribution >= 0.6 is 11.6 Å². The van der Waals surface area contributed by atoms with Gasteiger partial charge in [-0.05, 0) is 37.3 Å². The van der Waals surface area contributed by atoms with Gasteiger partial charge in [-0.25, -0.2) is 4.79 Å². The van der Waals surface area contributed by atoms with Crippen LogP contribution in [0.25, 0.3) is 0 Å². The number of hydrogen-bond acceptors (Lipinski definition) is 6. The van der Waals surface area contributed by atoms with Crippen LogP contribution in [0.15, 0.2) is 30.3 Å². The first kappa shape index (κ1) is 19.6. The minimum absolute atomic E-state index is 0.0604. The molecule has 0 aliphatic rings. The van der Waals surface area contributed by atoms with Gasteiger partial charge in [0, 0.05) is 11.1 Å². The highest BCUT2D eigenvalue weighted by Crippen LogP contribution is 2.36. The minimum Gasteiger partial charge on any atom is -0.496 e. The number of benzene rings is 2. The summed E-state index contributed by atoms with van der Waals surface area (Å²) in [5.41, 5.74) is 1.31. The molecule has 2 rings (SSSR count). The highest BCUT2D eigenvalue weighted by Gasteiger charge is 2.17. The van der Waals surface area contributed by atoms with Gasteiger partial charge in [0.05, 0.1) is 31.9 Å². The summed E-state index contributed by atoms with van der Waals surface area (Å²) in [6.45, 7) is 1.40. The summed E-state index contributed by atoms with van der Waals surface area (Å²) in [7, 11) is 4.40. The highest BCUT2D eigenvalue weighted by molar-refractivity contribution is 6.32. The van der Waals surface area contributed by atoms with E-state index in [0.29, 0.717) is 28.4 Å². The predicted molar refractivity (Wildman–Crippen MR) is 96.7 cm³/mol. The molecule has 0 aliphatic carbocycles. The molecule has 0 spiro atoms. The Hall–Kier alpha value is -2.73. The maximum Gasteiger partial charge on any atom is 0.338 e. The van der Waals surface area contributed by atoms with E-state index in [1.54, 1.807) is 18.2 Å². The first-order valence-corrected chi connectivity index (χ1v) is 8.05. The van der Waals surface area contributed by atoms with Gasteiger partial charge in [-0.3, -0.25) is 4.79 Å². The number of halogens is 1. The molecule has 0 heterocycles. The number of hydrogen-bond donors (Lipinski definition) is 0. The van der Waals surface area contributed by atoms with E-state index >= 15 is 0 Å². The second-order valence-electron chi connectivity index (χ2n) is 5.35. The van der Waals surface area contributed by atoms with E-state index < -0.39 is 5.97 Å². The van der Waals surface area contributed by atoms with Crippen LogP contribution in [0.2, 0.25) is 5.02 Å². The average Bonchev–Trinajstić information content (AvgIpc) is 2.64. The van der Waals surface area contributed by atoms with Crippen LogP contribution in [0.1, 0.15) is 33.2 Å². The summed E-state index contributed by atoms with van der Waals surface area (Å²) in [6.07, 6.45) is 0. The van der Waals surface area contributed by atoms with Gasteiger partial charge in [-0.1, -0.05) is 11.6 Å². The van der Waals surface area contributed by atoms with Gasteiger partial charge in [0.25, 0.3) is 0 Å². The van der Waals surface area contributed by atoms with Crippen LogP contribution in [-0.2, 0) is 11.3 Å². The first-order valence-electron chi connectivity index (χ1n) is 7.67. The van der Waals surface area contributed by atoms with Gasteiger partial charge in [0.15, 0.2) is 17.3 Å². The van der Waals surface area contributed by atoms with Gasteiger partial charge < -0.3 is 18.9 Å². The maximum absolute atomic E-state index is 12.4. The molecule has 0 aliphatic heterocycles. The van der Waals surface area contributed by atoms with Crippen molar-refractivity contribution in [3.8, 4) is 17.2 Å². The Kier molecular flexibility index (Phi) is 6.46. The fourth-order valence-electron chi connectivity index (χ4n) is 2.37. The molecule has 2 aromatic carbocycles. The van der Waals surface area contributed by atoms with Crippen molar-refractivity contribution in [3.63, 3.8) is 0 Å². The van der Waals surface area contributed by atoms with Gasteiger partial charge >= 0.3 is 5.97 Å². The van der Waals surface area contributed by atoms with Gasteiger partial charge in [0.1, 0.15) is 12.4 Å². The zero-order valence-corrected chi connectivity index (χ0v) is 15.7. The standard InChI is InChI=1S/C19H19ClO6/c1-11(21)12-5-6-16(23-2)14(7-12)10-26-19(22)13-8-15(20)18(25-4)17(9-13)24-3/h5-9H,10H2,1-4H3. The number of methoxy groups -OCH3 is 3. The molecule has 0 N–H and O–H groups in total. The molecule has 2 aromatic rings. The van der Waals surface area contributed by atoms with Crippen molar-refractivity contribution in [1.82, 2.24) is 0 Å². The largest absolute Gasteiger partial charge is 0.496 e. The van der Waals surface area contributed by atoms with E-state index in [0.717, 1.165) is 0 Å². The summed E-state index contributed by atoms with van der Waals surface area (Å²) in [6, 6.07) is 7.87. The van der Waals surface area contributed by atoms with E-state index in [1.807, 2.05) is 0 Å². The number of Topliss-reactive ketones (excluding diaryl/α,β-unsaturated/α-hetero) is 1. The lowest BCUT2D eigenvalue weighted by Crippen LogP contribution is -2.08. The zero-order chi connectivity index (χ0) is 19.3. The van der Waals surface area contributed by atoms with Crippen molar-refractivity contribution in [2.45, 2.75) is 13.5 Å². The maximum atomic E-state index is 12.4. The second kappa shape index (κ2) is 8.58. The van der Waals surface area contributed by atoms with Crippen molar-refractivity contribution in [1.29, 1.82) is 0 Å². The van der Waals surface area contributed by atoms with Crippen molar-refractivity contribution >= 4 is 23.4 Å². The lowest BCUT2D eigenvalue weighted by Gasteiger charge is -2.13. The summed E-state index contributed by atoms with van der Waals surface area (Å²) in [4.78, 5) is 23.9. The van der Waals surface area contributed by atoms with E-state index in [-0.39, 0.29) is 23.0 Å². The van der Waals surface area contributed by atoms with E-state index in [2.05, 4.69) is 0 Å². The molecular weight excluding hydrogens is 360 g/mol. The smallest absolute Gasteiger partial charge is 0.338 e. The summed E-state index contributed by atoms with van der Waals surface area (Å²) in [5.74, 6) is 0.493. The Morgan fingerprint density at radius 1 is 0.923 bits per heavy atom. The zero-order valence-electron chi connectivity index (χ0n) is 14.9. The molecule has 6 nitrogen and oxygen atoms in total. The lowest BCUT2D eigenvalue weighted by atomic mass is 10.1. The summed E-state index contributed by atoms with van der Waals surface area (Å²) < 4.78 is 20.9. The fraction of sp³-hybridized carbons (Fsp3) is 0.263. The third-order valence-corrected chi connectivity index (χ3v) is 4.00. The van der Waals surface area contributed by atoms with Crippen molar-refractivity contribution in [2.24, 2.45) is 0 Å². The molecule has 0 amide bonds. The topological polar surface area (TPSA) is 71.1 Å². The third kappa shape index (κ3) is 4.26. The van der Waals surface area contributed by atoms with Crippen LogP contribution in [0.5, 0.6) is 17.2 Å². The van der Waals surface area contributed by atoms with Crippen molar-refractivity contribution in [2.75, 3.05) is 21.3 Å². The summed E-state index contributed by atoms with van der Waals surface area (Å²) in [5, 5.41) is 0.231. The molecule has 0 unspecified atom stereocenters. The number of ether oxygens (including phenoxy) is 4. The molecule has 0 fully saturated rings.